The van der Waals surface area contributed by atoms with Crippen LogP contribution in [0.4, 0.5) is 0 Å². The molecule has 0 aliphatic rings. The molecule has 0 aliphatic carbocycles. The van der Waals surface area contributed by atoms with Crippen molar-refractivity contribution < 1.29 is 14.4 Å². The highest BCUT2D eigenvalue weighted by molar-refractivity contribution is 6.38. The van der Waals surface area contributed by atoms with Crippen molar-refractivity contribution in [2.24, 2.45) is 5.73 Å². The van der Waals surface area contributed by atoms with Gasteiger partial charge in [-0.05, 0) is 17.7 Å². The fraction of sp³-hybridized carbons (Fsp3) is 0.105. The smallest absolute Gasteiger partial charge is 0.287 e. The molecule has 3 N–H and O–H groups in total. The summed E-state index contributed by atoms with van der Waals surface area (Å²) >= 11 is 0. The van der Waals surface area contributed by atoms with E-state index in [1.54, 1.807) is 48.5 Å². The van der Waals surface area contributed by atoms with Crippen LogP contribution in [0.3, 0.4) is 0 Å². The minimum absolute atomic E-state index is 0.136. The number of nitrogens with two attached hydrogens (primary N) is 1. The van der Waals surface area contributed by atoms with Crippen molar-refractivity contribution in [2.45, 2.75) is 12.5 Å². The predicted octanol–water partition coefficient (Wildman–Crippen LogP) is 0.663. The minimum Gasteiger partial charge on any atom is -0.363 e. The van der Waals surface area contributed by atoms with Gasteiger partial charge < -0.3 is 11.1 Å². The normalized spacial score (nSPS) is 11.6. The maximum absolute atomic E-state index is 12.7. The summed E-state index contributed by atoms with van der Waals surface area (Å²) in [7, 11) is 0. The summed E-state index contributed by atoms with van der Waals surface area (Å²) in [6, 6.07) is 16.9. The molecule has 2 amide bonds. The Bertz CT molecular complexity index is 954. The Labute approximate surface area is 155 Å². The Morgan fingerprint density at radius 1 is 1.00 bits per heavy atom. The number of rotatable bonds is 7. The van der Waals surface area contributed by atoms with E-state index in [4.69, 9.17) is 5.73 Å². The zero-order valence-corrected chi connectivity index (χ0v) is 14.3. The maximum Gasteiger partial charge on any atom is 0.287 e. The summed E-state index contributed by atoms with van der Waals surface area (Å²) in [5.74, 6) is -2.56. The third-order valence-electron chi connectivity index (χ3n) is 3.93. The lowest BCUT2D eigenvalue weighted by Gasteiger charge is -2.16. The van der Waals surface area contributed by atoms with Crippen molar-refractivity contribution in [3.63, 3.8) is 0 Å². The van der Waals surface area contributed by atoms with E-state index in [0.717, 1.165) is 5.56 Å². The first-order valence-corrected chi connectivity index (χ1v) is 8.21. The van der Waals surface area contributed by atoms with Crippen molar-refractivity contribution in [2.75, 3.05) is 0 Å². The molecule has 1 atom stereocenters. The number of para-hydroxylation sites is 1. The summed E-state index contributed by atoms with van der Waals surface area (Å²) in [5, 5.41) is 10.2. The van der Waals surface area contributed by atoms with Crippen molar-refractivity contribution in [3.8, 4) is 5.69 Å². The summed E-state index contributed by atoms with van der Waals surface area (Å²) in [4.78, 5) is 36.3. The van der Waals surface area contributed by atoms with Gasteiger partial charge in [0.05, 0.1) is 11.9 Å². The van der Waals surface area contributed by atoms with E-state index in [9.17, 15) is 14.4 Å². The predicted molar refractivity (Wildman–Crippen MR) is 97.0 cm³/mol. The Balaban J connectivity index is 1.84. The molecule has 8 heteroatoms. The number of carbonyl (C=O) groups is 3. The van der Waals surface area contributed by atoms with E-state index in [1.165, 1.54) is 10.9 Å². The van der Waals surface area contributed by atoms with Crippen LogP contribution in [-0.2, 0) is 16.0 Å². The third-order valence-corrected chi connectivity index (χ3v) is 3.93. The molecular weight excluding hydrogens is 346 g/mol. The third kappa shape index (κ3) is 4.24. The molecule has 0 saturated heterocycles. The first-order valence-electron chi connectivity index (χ1n) is 8.21. The highest BCUT2D eigenvalue weighted by atomic mass is 16.2. The van der Waals surface area contributed by atoms with Gasteiger partial charge in [0, 0.05) is 6.42 Å². The number of amides is 2. The lowest BCUT2D eigenvalue weighted by molar-refractivity contribution is -0.137. The fourth-order valence-electron chi connectivity index (χ4n) is 2.61. The highest BCUT2D eigenvalue weighted by Crippen LogP contribution is 2.10. The number of ketones is 1. The maximum atomic E-state index is 12.7. The number of Topliss-reactive ketones (excluding diaryl/α,β-unsaturated/α-hetero) is 1. The molecule has 0 radical (unpaired) electrons. The van der Waals surface area contributed by atoms with Gasteiger partial charge in [-0.2, -0.15) is 0 Å². The van der Waals surface area contributed by atoms with Gasteiger partial charge in [0.2, 0.25) is 5.78 Å². The highest BCUT2D eigenvalue weighted by Gasteiger charge is 2.27. The fourth-order valence-corrected chi connectivity index (χ4v) is 2.61. The van der Waals surface area contributed by atoms with Gasteiger partial charge in [-0.3, -0.25) is 14.4 Å². The molecule has 1 aromatic heterocycles. The molecule has 0 unspecified atom stereocenters. The molecule has 27 heavy (non-hydrogen) atoms. The van der Waals surface area contributed by atoms with Gasteiger partial charge in [0.25, 0.3) is 11.8 Å². The standard InChI is InChI=1S/C19H17N5O3/c20-18(26)17(25)15(11-13-7-3-1-4-8-13)22-19(27)16-12-21-23-24(16)14-9-5-2-6-10-14/h1-10,12,15H,11H2,(H2,20,26)(H,22,27)/t15-/m0/s1. The average Bonchev–Trinajstić information content (AvgIpc) is 3.18. The number of nitrogens with one attached hydrogen (secondary N) is 1. The molecule has 0 aliphatic heterocycles. The molecule has 2 aromatic carbocycles. The molecule has 0 saturated carbocycles. The van der Waals surface area contributed by atoms with Gasteiger partial charge in [-0.1, -0.05) is 53.7 Å². The van der Waals surface area contributed by atoms with E-state index >= 15 is 0 Å². The molecule has 8 nitrogen and oxygen atoms in total. The van der Waals surface area contributed by atoms with Crippen LogP contribution in [0.2, 0.25) is 0 Å². The molecule has 3 aromatic rings. The summed E-state index contributed by atoms with van der Waals surface area (Å²) in [6.45, 7) is 0. The molecule has 136 valence electrons. The number of hydrogen-bond acceptors (Lipinski definition) is 5. The molecule has 0 bridgehead atoms. The molecular formula is C19H17N5O3. The summed E-state index contributed by atoms with van der Waals surface area (Å²) < 4.78 is 1.35. The first-order chi connectivity index (χ1) is 13.1. The number of primary amides is 1. The second-order valence-corrected chi connectivity index (χ2v) is 5.81. The van der Waals surface area contributed by atoms with Crippen molar-refractivity contribution in [3.05, 3.63) is 78.1 Å². The van der Waals surface area contributed by atoms with E-state index in [0.29, 0.717) is 5.69 Å². The van der Waals surface area contributed by atoms with E-state index < -0.39 is 23.6 Å². The van der Waals surface area contributed by atoms with Crippen LogP contribution in [0.15, 0.2) is 66.9 Å². The molecule has 0 spiro atoms. The second kappa shape index (κ2) is 8.05. The quantitative estimate of drug-likeness (QED) is 0.598. The Morgan fingerprint density at radius 3 is 2.26 bits per heavy atom. The van der Waals surface area contributed by atoms with Crippen LogP contribution >= 0.6 is 0 Å². The Kier molecular flexibility index (Phi) is 5.36. The Morgan fingerprint density at radius 2 is 1.63 bits per heavy atom. The van der Waals surface area contributed by atoms with Crippen molar-refractivity contribution in [1.29, 1.82) is 0 Å². The number of benzene rings is 2. The summed E-state index contributed by atoms with van der Waals surface area (Å²) in [6.07, 6.45) is 1.43. The van der Waals surface area contributed by atoms with Crippen LogP contribution in [0.25, 0.3) is 5.69 Å². The van der Waals surface area contributed by atoms with Gasteiger partial charge in [0.1, 0.15) is 6.04 Å². The van der Waals surface area contributed by atoms with Crippen LogP contribution < -0.4 is 11.1 Å². The lowest BCUT2D eigenvalue weighted by Crippen LogP contribution is -2.47. The largest absolute Gasteiger partial charge is 0.363 e. The first kappa shape index (κ1) is 18.0. The Hall–Kier alpha value is -3.81. The lowest BCUT2D eigenvalue weighted by atomic mass is 10.0. The van der Waals surface area contributed by atoms with Crippen molar-refractivity contribution >= 4 is 17.6 Å². The van der Waals surface area contributed by atoms with Gasteiger partial charge >= 0.3 is 0 Å². The second-order valence-electron chi connectivity index (χ2n) is 5.81. The average molecular weight is 363 g/mol. The van der Waals surface area contributed by atoms with Crippen LogP contribution in [-0.4, -0.2) is 38.6 Å². The SMILES string of the molecule is NC(=O)C(=O)[C@H](Cc1ccccc1)NC(=O)c1cnnn1-c1ccccc1. The number of aromatic nitrogens is 3. The van der Waals surface area contributed by atoms with E-state index in [1.807, 2.05) is 12.1 Å². The number of hydrogen-bond donors (Lipinski definition) is 2. The molecule has 3 rings (SSSR count). The van der Waals surface area contributed by atoms with Gasteiger partial charge in [0.15, 0.2) is 5.69 Å². The number of nitrogens with zero attached hydrogens (tertiary/aromatic N) is 3. The zero-order valence-electron chi connectivity index (χ0n) is 14.3. The topological polar surface area (TPSA) is 120 Å². The zero-order chi connectivity index (χ0) is 19.2. The minimum atomic E-state index is -1.11. The van der Waals surface area contributed by atoms with Crippen LogP contribution in [0.5, 0.6) is 0 Å². The van der Waals surface area contributed by atoms with Crippen molar-refractivity contribution in [1.82, 2.24) is 20.3 Å². The monoisotopic (exact) mass is 363 g/mol. The van der Waals surface area contributed by atoms with Crippen LogP contribution in [0, 0.1) is 0 Å². The van der Waals surface area contributed by atoms with E-state index in [2.05, 4.69) is 15.6 Å². The van der Waals surface area contributed by atoms with Gasteiger partial charge in [-0.25, -0.2) is 4.68 Å². The molecule has 0 fully saturated rings. The number of carbonyl (C=O) groups excluding carboxylic acids is 3. The molecule has 1 heterocycles. The van der Waals surface area contributed by atoms with Crippen LogP contribution in [0.1, 0.15) is 16.1 Å². The van der Waals surface area contributed by atoms with E-state index in [-0.39, 0.29) is 12.1 Å². The van der Waals surface area contributed by atoms with Gasteiger partial charge in [-0.15, -0.1) is 5.10 Å². The summed E-state index contributed by atoms with van der Waals surface area (Å²) in [5.41, 5.74) is 6.70.